The maximum absolute atomic E-state index is 5.11. The molecule has 2 N–H and O–H groups in total. The van der Waals surface area contributed by atoms with Gasteiger partial charge in [-0.2, -0.15) is 0 Å². The Balaban J connectivity index is 1.96. The third kappa shape index (κ3) is 4.37. The minimum atomic E-state index is 0.615. The number of ether oxygens (including phenoxy) is 1. The molecule has 0 bridgehead atoms. The Morgan fingerprint density at radius 3 is 2.27 bits per heavy atom. The predicted octanol–water partition coefficient (Wildman–Crippen LogP) is 4.56. The number of benzene rings is 2. The molecule has 0 aliphatic heterocycles. The number of anilines is 3. The van der Waals surface area contributed by atoms with Gasteiger partial charge in [0.05, 0.1) is 6.61 Å². The van der Waals surface area contributed by atoms with Crippen LogP contribution in [0.5, 0.6) is 0 Å². The van der Waals surface area contributed by atoms with Gasteiger partial charge in [0, 0.05) is 31.0 Å². The molecule has 26 heavy (non-hydrogen) atoms. The van der Waals surface area contributed by atoms with Crippen molar-refractivity contribution in [2.24, 2.45) is 0 Å². The Morgan fingerprint density at radius 2 is 1.58 bits per heavy atom. The summed E-state index contributed by atoms with van der Waals surface area (Å²) in [6.45, 7) is 5.48. The Kier molecular flexibility index (Phi) is 5.81. The van der Waals surface area contributed by atoms with Crippen molar-refractivity contribution in [3.05, 3.63) is 65.7 Å². The number of methoxy groups -OCH3 is 1. The lowest BCUT2D eigenvalue weighted by molar-refractivity contribution is 0.210. The molecule has 0 amide bonds. The van der Waals surface area contributed by atoms with Gasteiger partial charge in [-0.15, -0.1) is 0 Å². The van der Waals surface area contributed by atoms with Gasteiger partial charge < -0.3 is 15.4 Å². The Bertz CT molecular complexity index is 845. The van der Waals surface area contributed by atoms with Crippen LogP contribution in [0.25, 0.3) is 11.4 Å². The number of nitrogens with one attached hydrogen (secondary N) is 2. The topological polar surface area (TPSA) is 59.1 Å². The van der Waals surface area contributed by atoms with Crippen LogP contribution in [0.1, 0.15) is 11.1 Å². The summed E-state index contributed by atoms with van der Waals surface area (Å²) in [6, 6.07) is 18.1. The molecule has 5 nitrogen and oxygen atoms in total. The molecule has 134 valence electrons. The molecule has 5 heteroatoms. The second-order valence-electron chi connectivity index (χ2n) is 6.14. The second-order valence-corrected chi connectivity index (χ2v) is 6.14. The number of hydrogen-bond donors (Lipinski definition) is 2. The molecule has 0 radical (unpaired) electrons. The van der Waals surface area contributed by atoms with E-state index in [0.29, 0.717) is 19.0 Å². The van der Waals surface area contributed by atoms with Gasteiger partial charge in [-0.25, -0.2) is 9.97 Å². The maximum Gasteiger partial charge on any atom is 0.163 e. The van der Waals surface area contributed by atoms with Crippen molar-refractivity contribution in [1.82, 2.24) is 9.97 Å². The minimum absolute atomic E-state index is 0.615. The van der Waals surface area contributed by atoms with Crippen LogP contribution in [0.4, 0.5) is 17.3 Å². The summed E-state index contributed by atoms with van der Waals surface area (Å²) in [5, 5.41) is 6.75. The molecule has 0 saturated heterocycles. The number of nitrogens with zero attached hydrogens (tertiary/aromatic N) is 2. The zero-order valence-electron chi connectivity index (χ0n) is 15.4. The number of hydrogen-bond acceptors (Lipinski definition) is 5. The highest BCUT2D eigenvalue weighted by Crippen LogP contribution is 2.26. The van der Waals surface area contributed by atoms with Crippen molar-refractivity contribution in [3.63, 3.8) is 0 Å². The standard InChI is InChI=1S/C21H24N4O/c1-15-8-7-9-16(2)20(15)23-19-14-18(22-12-13-26-3)24-21(25-19)17-10-5-4-6-11-17/h4-11,14H,12-13H2,1-3H3,(H2,22,23,24,25). The fraction of sp³-hybridized carbons (Fsp3) is 0.238. The zero-order chi connectivity index (χ0) is 18.4. The molecule has 0 aliphatic carbocycles. The summed E-state index contributed by atoms with van der Waals surface area (Å²) in [5.41, 5.74) is 4.41. The van der Waals surface area contributed by atoms with Crippen LogP contribution < -0.4 is 10.6 Å². The number of rotatable bonds is 7. The van der Waals surface area contributed by atoms with Crippen LogP contribution in [0.2, 0.25) is 0 Å². The maximum atomic E-state index is 5.11. The van der Waals surface area contributed by atoms with E-state index in [0.717, 1.165) is 22.9 Å². The van der Waals surface area contributed by atoms with Gasteiger partial charge in [-0.1, -0.05) is 48.5 Å². The highest BCUT2D eigenvalue weighted by molar-refractivity contribution is 5.68. The lowest BCUT2D eigenvalue weighted by Crippen LogP contribution is -2.10. The molecule has 2 aromatic carbocycles. The molecular formula is C21H24N4O. The summed E-state index contributed by atoms with van der Waals surface area (Å²) in [4.78, 5) is 9.36. The molecule has 0 saturated carbocycles. The highest BCUT2D eigenvalue weighted by atomic mass is 16.5. The van der Waals surface area contributed by atoms with Gasteiger partial charge in [-0.3, -0.25) is 0 Å². The van der Waals surface area contributed by atoms with Crippen molar-refractivity contribution >= 4 is 17.3 Å². The predicted molar refractivity (Wildman–Crippen MR) is 107 cm³/mol. The monoisotopic (exact) mass is 348 g/mol. The normalized spacial score (nSPS) is 10.6. The highest BCUT2D eigenvalue weighted by Gasteiger charge is 2.09. The van der Waals surface area contributed by atoms with E-state index >= 15 is 0 Å². The van der Waals surface area contributed by atoms with Gasteiger partial charge in [0.25, 0.3) is 0 Å². The Morgan fingerprint density at radius 1 is 0.885 bits per heavy atom. The number of aromatic nitrogens is 2. The van der Waals surface area contributed by atoms with Crippen molar-refractivity contribution in [2.75, 3.05) is 30.9 Å². The van der Waals surface area contributed by atoms with E-state index in [1.807, 2.05) is 36.4 Å². The van der Waals surface area contributed by atoms with E-state index in [2.05, 4.69) is 47.7 Å². The Labute approximate surface area is 154 Å². The second kappa shape index (κ2) is 8.45. The van der Waals surface area contributed by atoms with Crippen LogP contribution >= 0.6 is 0 Å². The lowest BCUT2D eigenvalue weighted by atomic mass is 10.1. The first-order valence-electron chi connectivity index (χ1n) is 8.68. The van der Waals surface area contributed by atoms with Crippen LogP contribution in [0.15, 0.2) is 54.6 Å². The zero-order valence-corrected chi connectivity index (χ0v) is 15.4. The number of aryl methyl sites for hydroxylation is 2. The van der Waals surface area contributed by atoms with Crippen LogP contribution in [-0.2, 0) is 4.74 Å². The molecule has 0 unspecified atom stereocenters. The largest absolute Gasteiger partial charge is 0.383 e. The Hall–Kier alpha value is -2.92. The molecular weight excluding hydrogens is 324 g/mol. The van der Waals surface area contributed by atoms with Gasteiger partial charge >= 0.3 is 0 Å². The van der Waals surface area contributed by atoms with E-state index in [-0.39, 0.29) is 0 Å². The van der Waals surface area contributed by atoms with Crippen LogP contribution in [-0.4, -0.2) is 30.2 Å². The summed E-state index contributed by atoms with van der Waals surface area (Å²) in [7, 11) is 1.69. The SMILES string of the molecule is COCCNc1cc(Nc2c(C)cccc2C)nc(-c2ccccc2)n1. The first kappa shape index (κ1) is 17.9. The average molecular weight is 348 g/mol. The van der Waals surface area contributed by atoms with E-state index in [1.165, 1.54) is 11.1 Å². The fourth-order valence-electron chi connectivity index (χ4n) is 2.74. The van der Waals surface area contributed by atoms with Crippen LogP contribution in [0.3, 0.4) is 0 Å². The van der Waals surface area contributed by atoms with E-state index < -0.39 is 0 Å². The quantitative estimate of drug-likeness (QED) is 0.613. The van der Waals surface area contributed by atoms with Gasteiger partial charge in [0.15, 0.2) is 5.82 Å². The lowest BCUT2D eigenvalue weighted by Gasteiger charge is -2.14. The average Bonchev–Trinajstić information content (AvgIpc) is 2.66. The first-order valence-corrected chi connectivity index (χ1v) is 8.68. The molecule has 1 aromatic heterocycles. The molecule has 3 rings (SSSR count). The third-order valence-corrected chi connectivity index (χ3v) is 4.10. The van der Waals surface area contributed by atoms with Crippen LogP contribution in [0, 0.1) is 13.8 Å². The molecule has 1 heterocycles. The van der Waals surface area contributed by atoms with Gasteiger partial charge in [0.1, 0.15) is 11.6 Å². The minimum Gasteiger partial charge on any atom is -0.383 e. The van der Waals surface area contributed by atoms with Crippen molar-refractivity contribution in [1.29, 1.82) is 0 Å². The van der Waals surface area contributed by atoms with E-state index in [9.17, 15) is 0 Å². The van der Waals surface area contributed by atoms with E-state index in [4.69, 9.17) is 9.72 Å². The smallest absolute Gasteiger partial charge is 0.163 e. The number of para-hydroxylation sites is 1. The van der Waals surface area contributed by atoms with Gasteiger partial charge in [0.2, 0.25) is 0 Å². The molecule has 0 fully saturated rings. The van der Waals surface area contributed by atoms with Crippen molar-refractivity contribution < 1.29 is 4.74 Å². The first-order chi connectivity index (χ1) is 12.7. The summed E-state index contributed by atoms with van der Waals surface area (Å²) >= 11 is 0. The van der Waals surface area contributed by atoms with Gasteiger partial charge in [-0.05, 0) is 25.0 Å². The third-order valence-electron chi connectivity index (χ3n) is 4.10. The molecule has 0 aliphatic rings. The molecule has 0 atom stereocenters. The van der Waals surface area contributed by atoms with E-state index in [1.54, 1.807) is 7.11 Å². The fourth-order valence-corrected chi connectivity index (χ4v) is 2.74. The summed E-state index contributed by atoms with van der Waals surface area (Å²) in [6.07, 6.45) is 0. The summed E-state index contributed by atoms with van der Waals surface area (Å²) in [5.74, 6) is 2.21. The van der Waals surface area contributed by atoms with Crippen molar-refractivity contribution in [2.45, 2.75) is 13.8 Å². The summed E-state index contributed by atoms with van der Waals surface area (Å²) < 4.78 is 5.11. The molecule has 0 spiro atoms. The molecule has 3 aromatic rings. The van der Waals surface area contributed by atoms with Crippen molar-refractivity contribution in [3.8, 4) is 11.4 Å².